The van der Waals surface area contributed by atoms with Crippen LogP contribution in [-0.4, -0.2) is 72.8 Å². The van der Waals surface area contributed by atoms with Crippen LogP contribution in [0.4, 0.5) is 0 Å². The van der Waals surface area contributed by atoms with Gasteiger partial charge in [-0.15, -0.1) is 0 Å². The van der Waals surface area contributed by atoms with Gasteiger partial charge in [0.05, 0.1) is 20.3 Å². The third-order valence-electron chi connectivity index (χ3n) is 4.00. The minimum absolute atomic E-state index is 0.0253. The van der Waals surface area contributed by atoms with Crippen molar-refractivity contribution in [1.29, 1.82) is 0 Å². The number of amides is 1. The number of hydrogen-bond donors (Lipinski definition) is 2. The molecule has 1 heterocycles. The van der Waals surface area contributed by atoms with E-state index in [1.807, 2.05) is 0 Å². The summed E-state index contributed by atoms with van der Waals surface area (Å²) in [6.45, 7) is 4.52. The van der Waals surface area contributed by atoms with Crippen molar-refractivity contribution in [2.75, 3.05) is 53.6 Å². The van der Waals surface area contributed by atoms with E-state index in [4.69, 9.17) is 9.47 Å². The van der Waals surface area contributed by atoms with Crippen LogP contribution in [0.25, 0.3) is 6.08 Å². The molecule has 144 valence electrons. The summed E-state index contributed by atoms with van der Waals surface area (Å²) in [6, 6.07) is 4.70. The third kappa shape index (κ3) is 5.80. The number of rotatable bonds is 8. The van der Waals surface area contributed by atoms with Crippen LogP contribution in [0.1, 0.15) is 5.56 Å². The number of morpholine rings is 1. The second-order valence-corrected chi connectivity index (χ2v) is 7.55. The molecule has 2 rings (SSSR count). The lowest BCUT2D eigenvalue weighted by Gasteiger charge is -2.26. The zero-order valence-electron chi connectivity index (χ0n) is 15.0. The molecule has 1 aliphatic heterocycles. The summed E-state index contributed by atoms with van der Waals surface area (Å²) in [6.07, 6.45) is 2.95. The normalized spacial score (nSPS) is 15.9. The van der Waals surface area contributed by atoms with Crippen LogP contribution in [-0.2, 0) is 19.6 Å². The molecule has 1 saturated heterocycles. The molecule has 1 aliphatic rings. The number of carbonyl (C=O) groups is 1. The first-order valence-corrected chi connectivity index (χ1v) is 9.82. The third-order valence-corrected chi connectivity index (χ3v) is 5.44. The van der Waals surface area contributed by atoms with Gasteiger partial charge in [0.25, 0.3) is 0 Å². The summed E-state index contributed by atoms with van der Waals surface area (Å²) >= 11 is 0. The lowest BCUT2D eigenvalue weighted by molar-refractivity contribution is -0.116. The molecule has 0 unspecified atom stereocenters. The van der Waals surface area contributed by atoms with E-state index < -0.39 is 10.0 Å². The van der Waals surface area contributed by atoms with Crippen molar-refractivity contribution in [2.24, 2.45) is 0 Å². The van der Waals surface area contributed by atoms with Crippen LogP contribution in [0.2, 0.25) is 0 Å². The fourth-order valence-corrected chi connectivity index (χ4v) is 3.44. The molecule has 0 spiro atoms. The van der Waals surface area contributed by atoms with E-state index in [-0.39, 0.29) is 16.6 Å². The van der Waals surface area contributed by atoms with Crippen molar-refractivity contribution in [1.82, 2.24) is 14.9 Å². The Labute approximate surface area is 154 Å². The molecular weight excluding hydrogens is 358 g/mol. The molecule has 0 atom stereocenters. The zero-order chi connectivity index (χ0) is 19.0. The van der Waals surface area contributed by atoms with Crippen LogP contribution in [0, 0.1) is 0 Å². The molecule has 0 bridgehead atoms. The van der Waals surface area contributed by atoms with Gasteiger partial charge in [-0.3, -0.25) is 9.69 Å². The monoisotopic (exact) mass is 383 g/mol. The molecule has 8 nitrogen and oxygen atoms in total. The Morgan fingerprint density at radius 1 is 1.35 bits per heavy atom. The maximum absolute atomic E-state index is 12.1. The molecule has 1 amide bonds. The highest BCUT2D eigenvalue weighted by atomic mass is 32.2. The van der Waals surface area contributed by atoms with Crippen LogP contribution in [0.15, 0.2) is 29.2 Å². The Kier molecular flexibility index (Phi) is 7.58. The Balaban J connectivity index is 1.94. The van der Waals surface area contributed by atoms with E-state index in [1.54, 1.807) is 18.2 Å². The van der Waals surface area contributed by atoms with Gasteiger partial charge in [0, 0.05) is 32.3 Å². The quantitative estimate of drug-likeness (QED) is 0.617. The average molecular weight is 383 g/mol. The second-order valence-electron chi connectivity index (χ2n) is 5.70. The molecule has 1 aromatic carbocycles. The minimum Gasteiger partial charge on any atom is -0.495 e. The maximum Gasteiger partial charge on any atom is 0.244 e. The fourth-order valence-electron chi connectivity index (χ4n) is 2.51. The van der Waals surface area contributed by atoms with Gasteiger partial charge in [-0.2, -0.15) is 0 Å². The summed E-state index contributed by atoms with van der Waals surface area (Å²) < 4.78 is 36.7. The summed E-state index contributed by atoms with van der Waals surface area (Å²) in [5.41, 5.74) is 0.586. The largest absolute Gasteiger partial charge is 0.495 e. The minimum atomic E-state index is -3.65. The second kappa shape index (κ2) is 9.67. The first-order chi connectivity index (χ1) is 12.5. The van der Waals surface area contributed by atoms with Gasteiger partial charge in [0.1, 0.15) is 10.6 Å². The van der Waals surface area contributed by atoms with Crippen molar-refractivity contribution >= 4 is 22.0 Å². The molecule has 9 heteroatoms. The highest BCUT2D eigenvalue weighted by Gasteiger charge is 2.17. The van der Waals surface area contributed by atoms with Crippen LogP contribution in [0.5, 0.6) is 5.75 Å². The van der Waals surface area contributed by atoms with E-state index in [2.05, 4.69) is 14.9 Å². The Morgan fingerprint density at radius 3 is 2.73 bits per heavy atom. The van der Waals surface area contributed by atoms with E-state index in [0.717, 1.165) is 32.8 Å². The van der Waals surface area contributed by atoms with Gasteiger partial charge in [-0.05, 0) is 30.8 Å². The zero-order valence-corrected chi connectivity index (χ0v) is 15.8. The van der Waals surface area contributed by atoms with Gasteiger partial charge in [0.2, 0.25) is 15.9 Å². The average Bonchev–Trinajstić information content (AvgIpc) is 2.67. The molecule has 0 radical (unpaired) electrons. The fraction of sp³-hybridized carbons (Fsp3) is 0.471. The van der Waals surface area contributed by atoms with Crippen molar-refractivity contribution < 1.29 is 22.7 Å². The van der Waals surface area contributed by atoms with E-state index in [0.29, 0.717) is 12.1 Å². The van der Waals surface area contributed by atoms with Gasteiger partial charge in [-0.25, -0.2) is 13.1 Å². The summed E-state index contributed by atoms with van der Waals surface area (Å²) in [5, 5.41) is 2.82. The highest BCUT2D eigenvalue weighted by molar-refractivity contribution is 7.89. The van der Waals surface area contributed by atoms with E-state index in [1.165, 1.54) is 26.3 Å². The number of sulfonamides is 1. The molecule has 0 aromatic heterocycles. The summed E-state index contributed by atoms with van der Waals surface area (Å²) in [5.74, 6) is 0.0126. The van der Waals surface area contributed by atoms with E-state index in [9.17, 15) is 13.2 Å². The number of carbonyl (C=O) groups excluding carboxylic acids is 1. The molecular formula is C17H25N3O5S. The van der Waals surface area contributed by atoms with Crippen LogP contribution >= 0.6 is 0 Å². The van der Waals surface area contributed by atoms with Crippen molar-refractivity contribution in [2.45, 2.75) is 4.90 Å². The molecule has 0 saturated carbocycles. The number of hydrogen-bond acceptors (Lipinski definition) is 6. The Morgan fingerprint density at radius 2 is 2.08 bits per heavy atom. The lowest BCUT2D eigenvalue weighted by atomic mass is 10.2. The number of methoxy groups -OCH3 is 1. The van der Waals surface area contributed by atoms with E-state index >= 15 is 0 Å². The molecule has 2 N–H and O–H groups in total. The standard InChI is InChI=1S/C17H25N3O5S/c1-18-26(22,23)16-13-14(3-5-15(16)24-2)4-6-17(21)19-7-8-20-9-11-25-12-10-20/h3-6,13,18H,7-12H2,1-2H3,(H,19,21)/b6-4+. The number of nitrogens with one attached hydrogen (secondary N) is 2. The first-order valence-electron chi connectivity index (χ1n) is 8.34. The van der Waals surface area contributed by atoms with Gasteiger partial charge >= 0.3 is 0 Å². The maximum atomic E-state index is 12.1. The number of nitrogens with zero attached hydrogens (tertiary/aromatic N) is 1. The first kappa shape index (κ1) is 20.4. The van der Waals surface area contributed by atoms with Gasteiger partial charge in [-0.1, -0.05) is 6.07 Å². The Bertz CT molecular complexity index is 743. The topological polar surface area (TPSA) is 97.0 Å². The number of ether oxygens (including phenoxy) is 2. The van der Waals surface area contributed by atoms with Crippen molar-refractivity contribution in [3.8, 4) is 5.75 Å². The molecule has 1 fully saturated rings. The van der Waals surface area contributed by atoms with Crippen LogP contribution in [0.3, 0.4) is 0 Å². The summed E-state index contributed by atoms with van der Waals surface area (Å²) in [4.78, 5) is 14.2. The number of benzene rings is 1. The van der Waals surface area contributed by atoms with Gasteiger partial charge < -0.3 is 14.8 Å². The summed E-state index contributed by atoms with van der Waals surface area (Å²) in [7, 11) is -0.917. The predicted molar refractivity (Wildman–Crippen MR) is 98.5 cm³/mol. The van der Waals surface area contributed by atoms with Crippen molar-refractivity contribution in [3.05, 3.63) is 29.8 Å². The lowest BCUT2D eigenvalue weighted by Crippen LogP contribution is -2.41. The van der Waals surface area contributed by atoms with Gasteiger partial charge in [0.15, 0.2) is 0 Å². The molecule has 26 heavy (non-hydrogen) atoms. The smallest absolute Gasteiger partial charge is 0.244 e. The SMILES string of the molecule is CNS(=O)(=O)c1cc(/C=C/C(=O)NCCN2CCOCC2)ccc1OC. The van der Waals surface area contributed by atoms with Crippen molar-refractivity contribution in [3.63, 3.8) is 0 Å². The Hall–Kier alpha value is -1.94. The molecule has 0 aliphatic carbocycles. The molecule has 1 aromatic rings. The predicted octanol–water partition coefficient (Wildman–Crippen LogP) is 0.0649. The highest BCUT2D eigenvalue weighted by Crippen LogP contribution is 2.25. The van der Waals surface area contributed by atoms with Crippen LogP contribution < -0.4 is 14.8 Å².